The maximum atomic E-state index is 12.5. The van der Waals surface area contributed by atoms with Crippen molar-refractivity contribution in [3.8, 4) is 0 Å². The number of hydrogen-bond donors (Lipinski definition) is 8. The van der Waals surface area contributed by atoms with Gasteiger partial charge in [-0.25, -0.2) is 0 Å². The molecule has 27 atom stereocenters. The zero-order valence-corrected chi connectivity index (χ0v) is 42.1. The maximum Gasteiger partial charge on any atom is 0.187 e. The average molecular weight is 991 g/mol. The second-order valence-corrected chi connectivity index (χ2v) is 22.0. The number of hydrogen-bond acceptors (Lipinski definition) is 20. The van der Waals surface area contributed by atoms with Gasteiger partial charge < -0.3 is 97.7 Å². The average Bonchev–Trinajstić information content (AvgIpc) is 3.53. The Labute approximate surface area is 405 Å². The van der Waals surface area contributed by atoms with Gasteiger partial charge in [0.2, 0.25) is 0 Å². The van der Waals surface area contributed by atoms with E-state index in [1.165, 1.54) is 20.1 Å². The lowest BCUT2D eigenvalue weighted by atomic mass is 9.41. The molecule has 0 aromatic heterocycles. The highest BCUT2D eigenvalue weighted by molar-refractivity contribution is 5.38. The van der Waals surface area contributed by atoms with Crippen LogP contribution in [-0.2, 0) is 56.8 Å². The number of fused-ring (bicyclic) bond motifs is 5. The van der Waals surface area contributed by atoms with Crippen LogP contribution in [0, 0.1) is 16.7 Å². The van der Waals surface area contributed by atoms with Crippen molar-refractivity contribution >= 4 is 0 Å². The molecular formula is C49H82O20. The van der Waals surface area contributed by atoms with Crippen molar-refractivity contribution in [1.82, 2.24) is 0 Å². The third-order valence-electron chi connectivity index (χ3n) is 18.6. The van der Waals surface area contributed by atoms with E-state index in [-0.39, 0.29) is 25.7 Å². The molecule has 20 nitrogen and oxygen atoms in total. The van der Waals surface area contributed by atoms with Crippen molar-refractivity contribution < 1.29 is 97.7 Å². The highest BCUT2D eigenvalue weighted by Crippen LogP contribution is 2.71. The fourth-order valence-electron chi connectivity index (χ4n) is 14.1. The molecule has 1 unspecified atom stereocenters. The monoisotopic (exact) mass is 991 g/mol. The normalized spacial score (nSPS) is 56.0. The molecule has 4 heterocycles. The van der Waals surface area contributed by atoms with E-state index in [2.05, 4.69) is 0 Å². The minimum atomic E-state index is -1.98. The fourth-order valence-corrected chi connectivity index (χ4v) is 14.1. The molecule has 3 saturated carbocycles. The van der Waals surface area contributed by atoms with Gasteiger partial charge in [-0.2, -0.15) is 0 Å². The van der Waals surface area contributed by atoms with Gasteiger partial charge in [0.15, 0.2) is 25.2 Å². The van der Waals surface area contributed by atoms with Gasteiger partial charge in [-0.3, -0.25) is 0 Å². The summed E-state index contributed by atoms with van der Waals surface area (Å²) in [5.74, 6) is -0.776. The summed E-state index contributed by atoms with van der Waals surface area (Å²) < 4.78 is 74.1. The van der Waals surface area contributed by atoms with Crippen LogP contribution in [0.2, 0.25) is 0 Å². The summed E-state index contributed by atoms with van der Waals surface area (Å²) in [5.41, 5.74) is -9.83. The largest absolute Gasteiger partial charge is 0.392 e. The van der Waals surface area contributed by atoms with Crippen LogP contribution < -0.4 is 0 Å². The van der Waals surface area contributed by atoms with Crippen molar-refractivity contribution in [1.29, 1.82) is 0 Å². The summed E-state index contributed by atoms with van der Waals surface area (Å²) >= 11 is 0. The first-order chi connectivity index (χ1) is 32.4. The Morgan fingerprint density at radius 2 is 1.09 bits per heavy atom. The molecule has 0 radical (unpaired) electrons. The van der Waals surface area contributed by atoms with Gasteiger partial charge >= 0.3 is 0 Å². The van der Waals surface area contributed by atoms with Crippen molar-refractivity contribution in [2.45, 2.75) is 251 Å². The molecule has 0 amide bonds. The van der Waals surface area contributed by atoms with E-state index in [0.29, 0.717) is 32.1 Å². The lowest BCUT2D eigenvalue weighted by Gasteiger charge is -2.68. The summed E-state index contributed by atoms with van der Waals surface area (Å²) in [6.45, 7) is 12.1. The minimum Gasteiger partial charge on any atom is -0.392 e. The zero-order chi connectivity index (χ0) is 50.4. The van der Waals surface area contributed by atoms with Gasteiger partial charge in [0.05, 0.1) is 72.1 Å². The molecule has 8 rings (SSSR count). The molecule has 0 spiro atoms. The highest BCUT2D eigenvalue weighted by atomic mass is 16.8. The van der Waals surface area contributed by atoms with Gasteiger partial charge in [-0.05, 0) is 66.7 Å². The molecular weight excluding hydrogens is 909 g/mol. The van der Waals surface area contributed by atoms with Gasteiger partial charge in [-0.1, -0.05) is 26.0 Å². The zero-order valence-electron chi connectivity index (χ0n) is 42.1. The second kappa shape index (κ2) is 19.9. The Kier molecular flexibility index (Phi) is 15.6. The number of aliphatic hydroxyl groups excluding tert-OH is 4. The molecule has 7 fully saturated rings. The van der Waals surface area contributed by atoms with Crippen LogP contribution in [0.3, 0.4) is 0 Å². The molecule has 4 saturated heterocycles. The summed E-state index contributed by atoms with van der Waals surface area (Å²) in [6.07, 6.45) is -9.72. The van der Waals surface area contributed by atoms with Crippen LogP contribution in [0.15, 0.2) is 12.2 Å². The van der Waals surface area contributed by atoms with Gasteiger partial charge in [-0.15, -0.1) is 0 Å². The van der Waals surface area contributed by atoms with E-state index < -0.39 is 162 Å². The summed E-state index contributed by atoms with van der Waals surface area (Å²) in [6, 6.07) is 0. The van der Waals surface area contributed by atoms with Crippen LogP contribution in [0.25, 0.3) is 0 Å². The van der Waals surface area contributed by atoms with E-state index in [1.54, 1.807) is 41.3 Å². The predicted molar refractivity (Wildman–Crippen MR) is 240 cm³/mol. The molecule has 69 heavy (non-hydrogen) atoms. The molecule has 20 heteroatoms. The van der Waals surface area contributed by atoms with Crippen molar-refractivity contribution in [2.75, 3.05) is 28.4 Å². The third-order valence-corrected chi connectivity index (χ3v) is 18.6. The second-order valence-electron chi connectivity index (χ2n) is 22.0. The molecule has 0 bridgehead atoms. The Hall–Kier alpha value is -1.06. The number of rotatable bonds is 13. The first-order valence-corrected chi connectivity index (χ1v) is 25.1. The van der Waals surface area contributed by atoms with Crippen LogP contribution in [0.4, 0.5) is 0 Å². The van der Waals surface area contributed by atoms with E-state index in [1.807, 2.05) is 27.7 Å². The Morgan fingerprint density at radius 3 is 1.58 bits per heavy atom. The third kappa shape index (κ3) is 8.72. The fraction of sp³-hybridized carbons (Fsp3) is 0.959. The Bertz CT molecular complexity index is 1800. The van der Waals surface area contributed by atoms with Crippen LogP contribution in [-0.4, -0.2) is 215 Å². The summed E-state index contributed by atoms with van der Waals surface area (Å²) in [5, 5.41) is 92.9. The lowest BCUT2D eigenvalue weighted by molar-refractivity contribution is -0.356. The molecule has 8 aliphatic rings. The topological polar surface area (TPSA) is 273 Å². The number of methoxy groups -OCH3 is 4. The van der Waals surface area contributed by atoms with Crippen molar-refractivity contribution in [3.63, 3.8) is 0 Å². The first kappa shape index (κ1) is 54.2. The molecule has 0 aromatic rings. The molecule has 398 valence electrons. The van der Waals surface area contributed by atoms with E-state index in [9.17, 15) is 40.9 Å². The predicted octanol–water partition coefficient (Wildman–Crippen LogP) is 0.705. The standard InChI is InChI=1S/C49H82O20/c1-23-37(52)42(61-11)38(53)43(65-23)69-41-26(4)64-36(20-31(41)60-10)68-40-25(3)63-35(19-30(40)59-9)67-39-24(2)62-34(18-29(39)58-8)66-28-12-13-44(6)32-21-33(51)45(7)47(55,27(5)50)16-17-49(45,57)48(32,56)15-14-46(44,54)22-28/h14-15,23-43,50-57H,12-13,16-22H2,1-11H3/t23-,24-,25-,26-,27?,28+,29+,30+,31-,32-,33-,34+,35+,36+,37-,38-,39-,40-,41-,42+,43+,44-,45-,46-,47-,48+,49-/m1/s1. The first-order valence-electron chi connectivity index (χ1n) is 25.1. The highest BCUT2D eigenvalue weighted by Gasteiger charge is 2.81. The number of aliphatic hydroxyl groups is 8. The lowest BCUT2D eigenvalue weighted by Crippen LogP contribution is -2.79. The van der Waals surface area contributed by atoms with Gasteiger partial charge in [0, 0.05) is 65.5 Å². The SMILES string of the molecule is CO[C@@H]1[C@@H](O)[C@H](O[C@@H]2[C@@H](C)O[C@@H](O[C@H]3[C@@H](OC)C[C@H](O[C@H]4[C@@H](OC)C[C@H](O[C@H]5CC[C@]6(C)[C@H]7C[C@@H](O)[C@@]8(C)[C@](O)(CC[C@@]8(O)C(C)O)[C@]7(O)C=C[C@@]6(O)C5)O[C@@H]4C)O[C@@H]3C)C[C@H]2OC)O[C@H](C)[C@H]1O. The van der Waals surface area contributed by atoms with Crippen molar-refractivity contribution in [2.24, 2.45) is 16.7 Å². The summed E-state index contributed by atoms with van der Waals surface area (Å²) in [7, 11) is 6.19. The van der Waals surface area contributed by atoms with E-state index in [0.717, 1.165) is 0 Å². The van der Waals surface area contributed by atoms with Crippen molar-refractivity contribution in [3.05, 3.63) is 12.2 Å². The summed E-state index contributed by atoms with van der Waals surface area (Å²) in [4.78, 5) is 0. The molecule has 0 aromatic carbocycles. The quantitative estimate of drug-likeness (QED) is 0.118. The minimum absolute atomic E-state index is 0.00526. The number of ether oxygens (including phenoxy) is 12. The van der Waals surface area contributed by atoms with Crippen LogP contribution >= 0.6 is 0 Å². The van der Waals surface area contributed by atoms with Gasteiger partial charge in [0.25, 0.3) is 0 Å². The van der Waals surface area contributed by atoms with Crippen LogP contribution in [0.1, 0.15) is 106 Å². The Morgan fingerprint density at radius 1 is 0.580 bits per heavy atom. The van der Waals surface area contributed by atoms with E-state index in [4.69, 9.17) is 56.8 Å². The van der Waals surface area contributed by atoms with Gasteiger partial charge in [0.1, 0.15) is 53.4 Å². The molecule has 4 aliphatic heterocycles. The van der Waals surface area contributed by atoms with E-state index >= 15 is 0 Å². The molecule has 4 aliphatic carbocycles. The smallest absolute Gasteiger partial charge is 0.187 e. The maximum absolute atomic E-state index is 12.5. The Balaban J connectivity index is 0.860. The van der Waals surface area contributed by atoms with Crippen LogP contribution in [0.5, 0.6) is 0 Å². The molecule has 8 N–H and O–H groups in total.